The number of carbonyl (C=O) groups is 1. The maximum atomic E-state index is 12.9. The SMILES string of the molecule is Cc1ncc(Cl)c(C(=O)NC(C)CC(O)c2ccc(F)cc2)n1. The summed E-state index contributed by atoms with van der Waals surface area (Å²) in [6, 6.07) is 5.27. The molecule has 1 heterocycles. The molecule has 2 aromatic rings. The molecule has 5 nitrogen and oxygen atoms in total. The third kappa shape index (κ3) is 4.71. The second-order valence-electron chi connectivity index (χ2n) is 5.29. The van der Waals surface area contributed by atoms with Crippen LogP contribution in [-0.4, -0.2) is 27.0 Å². The highest BCUT2D eigenvalue weighted by atomic mass is 35.5. The lowest BCUT2D eigenvalue weighted by Crippen LogP contribution is -2.34. The van der Waals surface area contributed by atoms with E-state index >= 15 is 0 Å². The van der Waals surface area contributed by atoms with Crippen LogP contribution < -0.4 is 5.32 Å². The number of carbonyl (C=O) groups excluding carboxylic acids is 1. The van der Waals surface area contributed by atoms with Gasteiger partial charge in [0.2, 0.25) is 0 Å². The maximum Gasteiger partial charge on any atom is 0.271 e. The maximum absolute atomic E-state index is 12.9. The van der Waals surface area contributed by atoms with Gasteiger partial charge in [-0.05, 0) is 38.0 Å². The molecule has 1 aromatic heterocycles. The van der Waals surface area contributed by atoms with Crippen molar-refractivity contribution in [1.82, 2.24) is 15.3 Å². The minimum Gasteiger partial charge on any atom is -0.388 e. The summed E-state index contributed by atoms with van der Waals surface area (Å²) in [5.74, 6) is -0.353. The van der Waals surface area contributed by atoms with Crippen LogP contribution in [-0.2, 0) is 0 Å². The van der Waals surface area contributed by atoms with Gasteiger partial charge in [0.05, 0.1) is 17.3 Å². The van der Waals surface area contributed by atoms with E-state index in [1.807, 2.05) is 0 Å². The summed E-state index contributed by atoms with van der Waals surface area (Å²) in [5, 5.41) is 13.0. The number of halogens is 2. The highest BCUT2D eigenvalue weighted by Crippen LogP contribution is 2.19. The Kier molecular flexibility index (Phi) is 5.63. The van der Waals surface area contributed by atoms with Gasteiger partial charge >= 0.3 is 0 Å². The van der Waals surface area contributed by atoms with Crippen LogP contribution in [0.15, 0.2) is 30.5 Å². The van der Waals surface area contributed by atoms with Gasteiger partial charge in [0.1, 0.15) is 17.3 Å². The molecule has 2 rings (SSSR count). The molecule has 1 aromatic carbocycles. The van der Waals surface area contributed by atoms with Crippen molar-refractivity contribution in [3.05, 3.63) is 58.4 Å². The first-order valence-corrected chi connectivity index (χ1v) is 7.48. The highest BCUT2D eigenvalue weighted by Gasteiger charge is 2.18. The Morgan fingerprint density at radius 2 is 2.04 bits per heavy atom. The lowest BCUT2D eigenvalue weighted by atomic mass is 10.0. The number of aryl methyl sites for hydroxylation is 1. The molecule has 0 fully saturated rings. The summed E-state index contributed by atoms with van der Waals surface area (Å²) in [6.45, 7) is 3.42. The van der Waals surface area contributed by atoms with Crippen LogP contribution in [0.4, 0.5) is 4.39 Å². The Balaban J connectivity index is 1.98. The number of benzene rings is 1. The molecule has 2 N–H and O–H groups in total. The van der Waals surface area contributed by atoms with Gasteiger partial charge < -0.3 is 10.4 Å². The van der Waals surface area contributed by atoms with Crippen molar-refractivity contribution < 1.29 is 14.3 Å². The fraction of sp³-hybridized carbons (Fsp3) is 0.312. The Bertz CT molecular complexity index is 694. The number of hydrogen-bond acceptors (Lipinski definition) is 4. The first-order chi connectivity index (χ1) is 10.9. The Labute approximate surface area is 138 Å². The van der Waals surface area contributed by atoms with Crippen molar-refractivity contribution in [2.24, 2.45) is 0 Å². The van der Waals surface area contributed by atoms with E-state index in [0.29, 0.717) is 11.4 Å². The number of nitrogens with one attached hydrogen (secondary N) is 1. The van der Waals surface area contributed by atoms with Gasteiger partial charge in [-0.3, -0.25) is 4.79 Å². The summed E-state index contributed by atoms with van der Waals surface area (Å²) < 4.78 is 12.9. The topological polar surface area (TPSA) is 75.1 Å². The number of rotatable bonds is 5. The fourth-order valence-corrected chi connectivity index (χ4v) is 2.30. The molecule has 0 aliphatic heterocycles. The molecule has 2 atom stereocenters. The van der Waals surface area contributed by atoms with Crippen molar-refractivity contribution in [3.63, 3.8) is 0 Å². The van der Waals surface area contributed by atoms with E-state index in [2.05, 4.69) is 15.3 Å². The first-order valence-electron chi connectivity index (χ1n) is 7.10. The summed E-state index contributed by atoms with van der Waals surface area (Å²) >= 11 is 5.92. The Hall–Kier alpha value is -2.05. The molecule has 0 radical (unpaired) electrons. The Morgan fingerprint density at radius 1 is 1.39 bits per heavy atom. The highest BCUT2D eigenvalue weighted by molar-refractivity contribution is 6.33. The molecule has 122 valence electrons. The monoisotopic (exact) mass is 337 g/mol. The van der Waals surface area contributed by atoms with Crippen molar-refractivity contribution in [3.8, 4) is 0 Å². The molecule has 0 aliphatic rings. The average Bonchev–Trinajstić information content (AvgIpc) is 2.50. The molecule has 0 spiro atoms. The lowest BCUT2D eigenvalue weighted by Gasteiger charge is -2.18. The van der Waals surface area contributed by atoms with Gasteiger partial charge in [0.15, 0.2) is 0 Å². The number of hydrogen-bond donors (Lipinski definition) is 2. The number of aliphatic hydroxyl groups is 1. The molecule has 0 saturated heterocycles. The predicted octanol–water partition coefficient (Wildman–Crippen LogP) is 2.82. The van der Waals surface area contributed by atoms with Crippen molar-refractivity contribution >= 4 is 17.5 Å². The smallest absolute Gasteiger partial charge is 0.271 e. The van der Waals surface area contributed by atoms with Gasteiger partial charge in [-0.25, -0.2) is 14.4 Å². The first kappa shape index (κ1) is 17.3. The quantitative estimate of drug-likeness (QED) is 0.879. The molecule has 0 bridgehead atoms. The van der Waals surface area contributed by atoms with Gasteiger partial charge in [0, 0.05) is 6.04 Å². The molecule has 2 unspecified atom stereocenters. The lowest BCUT2D eigenvalue weighted by molar-refractivity contribution is 0.0911. The summed E-state index contributed by atoms with van der Waals surface area (Å²) in [6.07, 6.45) is 0.837. The minimum atomic E-state index is -0.812. The molecular weight excluding hydrogens is 321 g/mol. The van der Waals surface area contributed by atoms with E-state index in [0.717, 1.165) is 0 Å². The normalized spacial score (nSPS) is 13.4. The largest absolute Gasteiger partial charge is 0.388 e. The van der Waals surface area contributed by atoms with E-state index in [1.165, 1.54) is 30.5 Å². The zero-order valence-corrected chi connectivity index (χ0v) is 13.5. The van der Waals surface area contributed by atoms with Gasteiger partial charge in [0.25, 0.3) is 5.91 Å². The second-order valence-corrected chi connectivity index (χ2v) is 5.70. The molecule has 23 heavy (non-hydrogen) atoms. The van der Waals surface area contributed by atoms with E-state index in [4.69, 9.17) is 11.6 Å². The van der Waals surface area contributed by atoms with Crippen LogP contribution in [0, 0.1) is 12.7 Å². The number of aromatic nitrogens is 2. The average molecular weight is 338 g/mol. The van der Waals surface area contributed by atoms with E-state index in [9.17, 15) is 14.3 Å². The van der Waals surface area contributed by atoms with Crippen LogP contribution in [0.1, 0.15) is 41.3 Å². The predicted molar refractivity (Wildman–Crippen MR) is 84.7 cm³/mol. The van der Waals surface area contributed by atoms with Crippen LogP contribution in [0.3, 0.4) is 0 Å². The second kappa shape index (κ2) is 7.48. The third-order valence-corrected chi connectivity index (χ3v) is 3.57. The summed E-state index contributed by atoms with van der Waals surface area (Å²) in [5.41, 5.74) is 0.686. The van der Waals surface area contributed by atoms with Gasteiger partial charge in [-0.2, -0.15) is 0 Å². The minimum absolute atomic E-state index is 0.0993. The van der Waals surface area contributed by atoms with Crippen LogP contribution >= 0.6 is 11.6 Å². The Morgan fingerprint density at radius 3 is 2.70 bits per heavy atom. The fourth-order valence-electron chi connectivity index (χ4n) is 2.12. The van der Waals surface area contributed by atoms with Gasteiger partial charge in [-0.1, -0.05) is 23.7 Å². The van der Waals surface area contributed by atoms with Crippen LogP contribution in [0.5, 0.6) is 0 Å². The number of nitrogens with zero attached hydrogens (tertiary/aromatic N) is 2. The van der Waals surface area contributed by atoms with Crippen LogP contribution in [0.25, 0.3) is 0 Å². The molecular formula is C16H17ClFN3O2. The zero-order valence-electron chi connectivity index (χ0n) is 12.8. The van der Waals surface area contributed by atoms with Crippen LogP contribution in [0.2, 0.25) is 5.02 Å². The molecule has 0 aliphatic carbocycles. The van der Waals surface area contributed by atoms with E-state index in [1.54, 1.807) is 13.8 Å². The summed E-state index contributed by atoms with van der Waals surface area (Å²) in [4.78, 5) is 20.1. The van der Waals surface area contributed by atoms with Crippen molar-refractivity contribution in [2.75, 3.05) is 0 Å². The summed E-state index contributed by atoms with van der Waals surface area (Å²) in [7, 11) is 0. The molecule has 0 saturated carbocycles. The zero-order chi connectivity index (χ0) is 17.0. The van der Waals surface area contributed by atoms with E-state index < -0.39 is 12.0 Å². The molecule has 7 heteroatoms. The standard InChI is InChI=1S/C16H17ClFN3O2/c1-9(7-14(22)11-3-5-12(18)6-4-11)20-16(23)15-13(17)8-19-10(2)21-15/h3-6,8-9,14,22H,7H2,1-2H3,(H,20,23). The number of amides is 1. The van der Waals surface area contributed by atoms with Crippen molar-refractivity contribution in [1.29, 1.82) is 0 Å². The number of aliphatic hydroxyl groups excluding tert-OH is 1. The third-order valence-electron chi connectivity index (χ3n) is 3.29. The molecule has 1 amide bonds. The van der Waals surface area contributed by atoms with E-state index in [-0.39, 0.29) is 29.0 Å². The van der Waals surface area contributed by atoms with Crippen molar-refractivity contribution in [2.45, 2.75) is 32.4 Å². The van der Waals surface area contributed by atoms with Gasteiger partial charge in [-0.15, -0.1) is 0 Å².